The molecule has 8 heteroatoms. The lowest BCUT2D eigenvalue weighted by atomic mass is 10.1. The molecule has 0 aliphatic heterocycles. The normalized spacial score (nSPS) is 11.9. The van der Waals surface area contributed by atoms with Gasteiger partial charge in [-0.2, -0.15) is 13.9 Å². The third kappa shape index (κ3) is 3.07. The number of rotatable bonds is 5. The largest absolute Gasteiger partial charge is 0.331 e. The molecule has 0 spiro atoms. The molecule has 0 fully saturated rings. The summed E-state index contributed by atoms with van der Waals surface area (Å²) in [5, 5.41) is 4.57. The Balaban J connectivity index is 2.17. The summed E-state index contributed by atoms with van der Waals surface area (Å²) in [5.41, 5.74) is 0.985. The van der Waals surface area contributed by atoms with Crippen molar-refractivity contribution in [3.8, 4) is 0 Å². The molecule has 4 nitrogen and oxygen atoms in total. The number of carbonyl (C=O) groups is 1. The van der Waals surface area contributed by atoms with E-state index in [9.17, 15) is 18.0 Å². The van der Waals surface area contributed by atoms with Gasteiger partial charge in [-0.05, 0) is 24.6 Å². The third-order valence-electron chi connectivity index (χ3n) is 4.17. The molecule has 136 valence electrons. The first-order valence-corrected chi connectivity index (χ1v) is 8.31. The van der Waals surface area contributed by atoms with Crippen molar-refractivity contribution in [2.24, 2.45) is 0 Å². The Bertz CT molecular complexity index is 981. The molecular weight excluding hydrogens is 367 g/mol. The number of nitrogens with zero attached hydrogens (tertiary/aromatic N) is 3. The molecule has 0 aliphatic rings. The molecule has 0 saturated carbocycles. The Morgan fingerprint density at radius 3 is 2.69 bits per heavy atom. The van der Waals surface area contributed by atoms with Crippen molar-refractivity contribution >= 4 is 28.4 Å². The number of halogens is 4. The second-order valence-corrected chi connectivity index (χ2v) is 6.29. The number of hydrogen-bond donors (Lipinski definition) is 0. The highest BCUT2D eigenvalue weighted by atomic mass is 35.5. The number of benzene rings is 1. The summed E-state index contributed by atoms with van der Waals surface area (Å²) >= 11 is 6.06. The van der Waals surface area contributed by atoms with Crippen molar-refractivity contribution < 1.29 is 18.0 Å². The maximum Gasteiger partial charge on any atom is 0.331 e. The highest BCUT2D eigenvalue weighted by molar-refractivity contribution is 6.31. The number of hydrogen-bond acceptors (Lipinski definition) is 3. The molecule has 0 bridgehead atoms. The number of aromatic nitrogens is 3. The van der Waals surface area contributed by atoms with Crippen LogP contribution in [0.25, 0.3) is 11.0 Å². The molecule has 0 N–H and O–H groups in total. The molecule has 2 heterocycles. The number of carbonyl (C=O) groups excluding carboxylic acids is 1. The first-order valence-electron chi connectivity index (χ1n) is 7.93. The van der Waals surface area contributed by atoms with Crippen molar-refractivity contribution in [1.82, 2.24) is 14.8 Å². The zero-order valence-corrected chi connectivity index (χ0v) is 14.8. The van der Waals surface area contributed by atoms with E-state index in [1.165, 1.54) is 22.9 Å². The number of Topliss-reactive ketones (excluding diaryl/α,β-unsaturated/α-hetero) is 1. The van der Waals surface area contributed by atoms with Crippen LogP contribution in [0.3, 0.4) is 0 Å². The number of aryl methyl sites for hydroxylation is 1. The van der Waals surface area contributed by atoms with E-state index in [0.29, 0.717) is 23.1 Å². The summed E-state index contributed by atoms with van der Waals surface area (Å²) in [6, 6.07) is 5.46. The van der Waals surface area contributed by atoms with E-state index in [1.54, 1.807) is 6.07 Å². The fourth-order valence-electron chi connectivity index (χ4n) is 2.69. The molecular formula is C18H15ClF3N3O. The topological polar surface area (TPSA) is 47.8 Å². The van der Waals surface area contributed by atoms with Gasteiger partial charge < -0.3 is 0 Å². The summed E-state index contributed by atoms with van der Waals surface area (Å²) in [5.74, 6) is -5.45. The third-order valence-corrected chi connectivity index (χ3v) is 4.52. The fourth-order valence-corrected chi connectivity index (χ4v) is 2.91. The van der Waals surface area contributed by atoms with E-state index in [2.05, 4.69) is 10.1 Å². The van der Waals surface area contributed by atoms with Gasteiger partial charge in [0.2, 0.25) is 5.78 Å². The quantitative estimate of drug-likeness (QED) is 0.653. The van der Waals surface area contributed by atoms with E-state index in [0.717, 1.165) is 13.1 Å². The lowest BCUT2D eigenvalue weighted by Gasteiger charge is -2.13. The van der Waals surface area contributed by atoms with Gasteiger partial charge in [-0.25, -0.2) is 4.39 Å². The average Bonchev–Trinajstić information content (AvgIpc) is 2.95. The van der Waals surface area contributed by atoms with Gasteiger partial charge in [0.05, 0.1) is 17.8 Å². The Kier molecular flexibility index (Phi) is 4.75. The molecule has 0 radical (unpaired) electrons. The highest BCUT2D eigenvalue weighted by Gasteiger charge is 2.38. The van der Waals surface area contributed by atoms with Gasteiger partial charge in [0.15, 0.2) is 0 Å². The molecule has 0 atom stereocenters. The zero-order valence-electron chi connectivity index (χ0n) is 14.1. The Hall–Kier alpha value is -2.41. The second-order valence-electron chi connectivity index (χ2n) is 5.88. The van der Waals surface area contributed by atoms with E-state index in [4.69, 9.17) is 11.6 Å². The maximum absolute atomic E-state index is 14.1. The number of ketones is 1. The van der Waals surface area contributed by atoms with Gasteiger partial charge in [-0.15, -0.1) is 0 Å². The monoisotopic (exact) mass is 381 g/mol. The number of alkyl halides is 2. The van der Waals surface area contributed by atoms with Gasteiger partial charge in [0, 0.05) is 29.3 Å². The van der Waals surface area contributed by atoms with Gasteiger partial charge in [-0.1, -0.05) is 24.6 Å². The number of fused-ring (bicyclic) bond motifs is 1. The first kappa shape index (κ1) is 18.4. The van der Waals surface area contributed by atoms with E-state index < -0.39 is 23.1 Å². The van der Waals surface area contributed by atoms with Gasteiger partial charge in [0.25, 0.3) is 0 Å². The van der Waals surface area contributed by atoms with Crippen LogP contribution in [0.4, 0.5) is 13.2 Å². The van der Waals surface area contributed by atoms with Crippen molar-refractivity contribution in [1.29, 1.82) is 0 Å². The van der Waals surface area contributed by atoms with E-state index in [-0.39, 0.29) is 17.1 Å². The number of pyridine rings is 1. The predicted octanol–water partition coefficient (Wildman–Crippen LogP) is 4.52. The minimum Gasteiger partial charge on any atom is -0.293 e. The van der Waals surface area contributed by atoms with Crippen molar-refractivity contribution in [3.05, 3.63) is 58.1 Å². The summed E-state index contributed by atoms with van der Waals surface area (Å²) in [7, 11) is 0. The van der Waals surface area contributed by atoms with Gasteiger partial charge in [-0.3, -0.25) is 14.5 Å². The Morgan fingerprint density at radius 1 is 1.35 bits per heavy atom. The molecule has 3 rings (SSSR count). The van der Waals surface area contributed by atoms with E-state index >= 15 is 0 Å². The second kappa shape index (κ2) is 6.72. The maximum atomic E-state index is 14.1. The molecule has 0 unspecified atom stereocenters. The molecule has 2 aromatic heterocycles. The minimum atomic E-state index is -3.65. The first-order chi connectivity index (χ1) is 12.3. The molecule has 0 saturated heterocycles. The molecule has 0 amide bonds. The molecule has 26 heavy (non-hydrogen) atoms. The van der Waals surface area contributed by atoms with Crippen LogP contribution >= 0.6 is 11.6 Å². The minimum absolute atomic E-state index is 0.0429. The SMILES string of the molecule is CCc1nn(Cc2c(F)cccc2Cl)c2cc(C(F)(F)C(C)=O)cnc12. The summed E-state index contributed by atoms with van der Waals surface area (Å²) in [6.45, 7) is 2.62. The van der Waals surface area contributed by atoms with Gasteiger partial charge in [0.1, 0.15) is 11.3 Å². The Labute approximate surface area is 152 Å². The van der Waals surface area contributed by atoms with Crippen molar-refractivity contribution in [2.75, 3.05) is 0 Å². The van der Waals surface area contributed by atoms with Crippen LogP contribution in [0.15, 0.2) is 30.5 Å². The zero-order chi connectivity index (χ0) is 19.1. The van der Waals surface area contributed by atoms with Crippen LogP contribution < -0.4 is 0 Å². The van der Waals surface area contributed by atoms with E-state index in [1.807, 2.05) is 6.92 Å². The predicted molar refractivity (Wildman–Crippen MR) is 92.0 cm³/mol. The summed E-state index contributed by atoms with van der Waals surface area (Å²) in [6.07, 6.45) is 1.49. The molecule has 3 aromatic rings. The van der Waals surface area contributed by atoms with Gasteiger partial charge >= 0.3 is 5.92 Å². The molecule has 1 aromatic carbocycles. The molecule has 0 aliphatic carbocycles. The fraction of sp³-hybridized carbons (Fsp3) is 0.278. The van der Waals surface area contributed by atoms with Crippen molar-refractivity contribution in [3.63, 3.8) is 0 Å². The lowest BCUT2D eigenvalue weighted by molar-refractivity contribution is -0.141. The Morgan fingerprint density at radius 2 is 2.08 bits per heavy atom. The summed E-state index contributed by atoms with van der Waals surface area (Å²) in [4.78, 5) is 15.3. The van der Waals surface area contributed by atoms with Crippen LogP contribution in [0.2, 0.25) is 5.02 Å². The smallest absolute Gasteiger partial charge is 0.293 e. The van der Waals surface area contributed by atoms with Crippen LogP contribution in [0, 0.1) is 5.82 Å². The van der Waals surface area contributed by atoms with Crippen LogP contribution in [0.5, 0.6) is 0 Å². The van der Waals surface area contributed by atoms with Crippen LogP contribution in [0.1, 0.15) is 30.7 Å². The van der Waals surface area contributed by atoms with Crippen molar-refractivity contribution in [2.45, 2.75) is 32.7 Å². The summed E-state index contributed by atoms with van der Waals surface area (Å²) < 4.78 is 43.6. The van der Waals surface area contributed by atoms with Crippen LogP contribution in [-0.2, 0) is 23.7 Å². The highest BCUT2D eigenvalue weighted by Crippen LogP contribution is 2.31. The average molecular weight is 382 g/mol. The van der Waals surface area contributed by atoms with Crippen LogP contribution in [-0.4, -0.2) is 20.5 Å². The standard InChI is InChI=1S/C18H15ClF3N3O/c1-3-15-17-16(7-11(8-23-17)18(21,22)10(2)26)25(24-15)9-12-13(19)5-4-6-14(12)20/h4-8H,3,9H2,1-2H3. The lowest BCUT2D eigenvalue weighted by Crippen LogP contribution is -2.23.